The van der Waals surface area contributed by atoms with E-state index in [-0.39, 0.29) is 17.3 Å². The number of carboxylic acids is 1. The lowest BCUT2D eigenvalue weighted by Crippen LogP contribution is -2.37. The van der Waals surface area contributed by atoms with Crippen molar-refractivity contribution in [1.82, 2.24) is 0 Å². The molecule has 0 aromatic heterocycles. The van der Waals surface area contributed by atoms with Gasteiger partial charge in [0.1, 0.15) is 23.0 Å². The fraction of sp³-hybridized carbons (Fsp3) is 0.562. The van der Waals surface area contributed by atoms with E-state index in [1.807, 2.05) is 40.7 Å². The maximum atomic E-state index is 11.5. The van der Waals surface area contributed by atoms with Gasteiger partial charge in [0.15, 0.2) is 0 Å². The Bertz CT molecular complexity index is 578. The van der Waals surface area contributed by atoms with Crippen LogP contribution in [0.3, 0.4) is 0 Å². The Morgan fingerprint density at radius 3 is 2.48 bits per heavy atom. The number of rotatable bonds is 3. The van der Waals surface area contributed by atoms with Crippen molar-refractivity contribution in [2.75, 3.05) is 0 Å². The number of halogens is 1. The minimum absolute atomic E-state index is 0.169. The first kappa shape index (κ1) is 16.3. The van der Waals surface area contributed by atoms with Crippen molar-refractivity contribution in [2.45, 2.75) is 58.3 Å². The van der Waals surface area contributed by atoms with Gasteiger partial charge in [0.25, 0.3) is 0 Å². The summed E-state index contributed by atoms with van der Waals surface area (Å²) in [7, 11) is 0. The molecule has 0 aliphatic carbocycles. The molecule has 1 aliphatic heterocycles. The Balaban J connectivity index is 2.38. The van der Waals surface area contributed by atoms with Crippen LogP contribution in [0.2, 0.25) is 0 Å². The molecular weight excluding hydrogens is 336 g/mol. The summed E-state index contributed by atoms with van der Waals surface area (Å²) in [5.41, 5.74) is 0.226. The maximum absolute atomic E-state index is 11.5. The highest BCUT2D eigenvalue weighted by molar-refractivity contribution is 9.10. The molecule has 1 atom stereocenters. The zero-order chi connectivity index (χ0) is 16.0. The van der Waals surface area contributed by atoms with Gasteiger partial charge >= 0.3 is 5.97 Å². The van der Waals surface area contributed by atoms with Crippen molar-refractivity contribution in [3.63, 3.8) is 0 Å². The molecule has 1 aromatic carbocycles. The van der Waals surface area contributed by atoms with Gasteiger partial charge in [-0.25, -0.2) is 4.79 Å². The van der Waals surface area contributed by atoms with Crippen molar-refractivity contribution in [3.8, 4) is 5.75 Å². The average molecular weight is 357 g/mol. The third-order valence-electron chi connectivity index (χ3n) is 3.72. The van der Waals surface area contributed by atoms with Crippen molar-refractivity contribution < 1.29 is 19.4 Å². The summed E-state index contributed by atoms with van der Waals surface area (Å²) >= 11 is 3.33. The van der Waals surface area contributed by atoms with E-state index < -0.39 is 11.6 Å². The Kier molecular flexibility index (Phi) is 4.10. The summed E-state index contributed by atoms with van der Waals surface area (Å²) in [5, 5.41) is 9.39. The van der Waals surface area contributed by atoms with Crippen molar-refractivity contribution in [3.05, 3.63) is 27.7 Å². The number of carbonyl (C=O) groups is 1. The van der Waals surface area contributed by atoms with Gasteiger partial charge in [0.05, 0.1) is 5.60 Å². The summed E-state index contributed by atoms with van der Waals surface area (Å²) < 4.78 is 12.8. The van der Waals surface area contributed by atoms with Crippen LogP contribution in [0, 0.1) is 6.92 Å². The molecule has 1 saturated heterocycles. The van der Waals surface area contributed by atoms with Gasteiger partial charge in [-0.3, -0.25) is 0 Å². The van der Waals surface area contributed by atoms with Crippen molar-refractivity contribution in [1.29, 1.82) is 0 Å². The highest BCUT2D eigenvalue weighted by atomic mass is 79.9. The molecule has 21 heavy (non-hydrogen) atoms. The van der Waals surface area contributed by atoms with E-state index in [0.29, 0.717) is 12.2 Å². The quantitative estimate of drug-likeness (QED) is 0.882. The first-order valence-electron chi connectivity index (χ1n) is 6.92. The topological polar surface area (TPSA) is 55.8 Å². The monoisotopic (exact) mass is 356 g/mol. The molecule has 1 heterocycles. The van der Waals surface area contributed by atoms with E-state index in [9.17, 15) is 9.90 Å². The number of aryl methyl sites for hydroxylation is 1. The number of aromatic carboxylic acids is 1. The number of ether oxygens (including phenoxy) is 2. The van der Waals surface area contributed by atoms with Gasteiger partial charge in [-0.05, 0) is 52.3 Å². The van der Waals surface area contributed by atoms with Crippen LogP contribution in [0.1, 0.15) is 50.0 Å². The second-order valence-electron chi connectivity index (χ2n) is 6.68. The Labute approximate surface area is 133 Å². The number of hydrogen-bond acceptors (Lipinski definition) is 3. The predicted molar refractivity (Wildman–Crippen MR) is 84.1 cm³/mol. The van der Waals surface area contributed by atoms with Gasteiger partial charge in [-0.15, -0.1) is 0 Å². The fourth-order valence-electron chi connectivity index (χ4n) is 2.88. The summed E-state index contributed by atoms with van der Waals surface area (Å²) in [6.07, 6.45) is 0.527. The van der Waals surface area contributed by atoms with Crippen LogP contribution < -0.4 is 4.74 Å². The lowest BCUT2D eigenvalue weighted by Gasteiger charge is -2.28. The maximum Gasteiger partial charge on any atom is 0.339 e. The summed E-state index contributed by atoms with van der Waals surface area (Å²) in [6.45, 7) is 9.83. The van der Waals surface area contributed by atoms with Gasteiger partial charge in [-0.2, -0.15) is 0 Å². The molecule has 0 saturated carbocycles. The predicted octanol–water partition coefficient (Wildman–Crippen LogP) is 4.18. The molecule has 1 N–H and O–H groups in total. The van der Waals surface area contributed by atoms with Crippen LogP contribution in [0.5, 0.6) is 5.75 Å². The Morgan fingerprint density at radius 2 is 2.00 bits per heavy atom. The Morgan fingerprint density at radius 1 is 1.38 bits per heavy atom. The third-order valence-corrected chi connectivity index (χ3v) is 4.18. The molecule has 0 bridgehead atoms. The lowest BCUT2D eigenvalue weighted by atomic mass is 9.97. The second kappa shape index (κ2) is 5.29. The minimum atomic E-state index is -0.995. The Hall–Kier alpha value is -1.07. The highest BCUT2D eigenvalue weighted by Gasteiger charge is 2.47. The summed E-state index contributed by atoms with van der Waals surface area (Å²) in [6, 6.07) is 3.42. The summed E-state index contributed by atoms with van der Waals surface area (Å²) in [5.74, 6) is -0.574. The van der Waals surface area contributed by atoms with E-state index in [2.05, 4.69) is 15.9 Å². The zero-order valence-corrected chi connectivity index (χ0v) is 14.6. The third kappa shape index (κ3) is 3.40. The van der Waals surface area contributed by atoms with Gasteiger partial charge in [-0.1, -0.05) is 15.9 Å². The molecule has 0 radical (unpaired) electrons. The molecule has 2 rings (SSSR count). The molecule has 0 spiro atoms. The SMILES string of the molecule is Cc1cc(Br)cc(C(=O)O)c1OC1CC(C)(C)OC1(C)C. The fourth-order valence-corrected chi connectivity index (χ4v) is 3.46. The largest absolute Gasteiger partial charge is 0.486 e. The first-order chi connectivity index (χ1) is 9.52. The van der Waals surface area contributed by atoms with Crippen LogP contribution in [0.15, 0.2) is 16.6 Å². The molecule has 1 fully saturated rings. The van der Waals surface area contributed by atoms with E-state index in [1.54, 1.807) is 6.07 Å². The zero-order valence-electron chi connectivity index (χ0n) is 13.0. The first-order valence-corrected chi connectivity index (χ1v) is 7.71. The van der Waals surface area contributed by atoms with E-state index in [0.717, 1.165) is 10.0 Å². The standard InChI is InChI=1S/C16H21BrO4/c1-9-6-10(17)7-11(14(18)19)13(9)20-12-8-15(2,3)21-16(12,4)5/h6-7,12H,8H2,1-5H3,(H,18,19). The van der Waals surface area contributed by atoms with Crippen LogP contribution >= 0.6 is 15.9 Å². The normalized spacial score (nSPS) is 23.0. The number of benzene rings is 1. The van der Waals surface area contributed by atoms with Crippen molar-refractivity contribution in [2.24, 2.45) is 0 Å². The molecule has 116 valence electrons. The van der Waals surface area contributed by atoms with Crippen LogP contribution in [0.25, 0.3) is 0 Å². The van der Waals surface area contributed by atoms with Gasteiger partial charge in [0, 0.05) is 10.9 Å². The lowest BCUT2D eigenvalue weighted by molar-refractivity contribution is -0.0847. The van der Waals surface area contributed by atoms with Gasteiger partial charge in [0.2, 0.25) is 0 Å². The second-order valence-corrected chi connectivity index (χ2v) is 7.60. The average Bonchev–Trinajstić information content (AvgIpc) is 2.49. The number of carboxylic acid groups (broad SMARTS) is 1. The van der Waals surface area contributed by atoms with Gasteiger partial charge < -0.3 is 14.6 Å². The minimum Gasteiger partial charge on any atom is -0.486 e. The van der Waals surface area contributed by atoms with Crippen LogP contribution in [-0.2, 0) is 4.74 Å². The molecule has 4 nitrogen and oxygen atoms in total. The molecule has 1 aliphatic rings. The molecule has 1 aromatic rings. The summed E-state index contributed by atoms with van der Waals surface area (Å²) in [4.78, 5) is 11.5. The molecule has 5 heteroatoms. The van der Waals surface area contributed by atoms with Crippen LogP contribution in [0.4, 0.5) is 0 Å². The van der Waals surface area contributed by atoms with E-state index in [4.69, 9.17) is 9.47 Å². The van der Waals surface area contributed by atoms with Crippen LogP contribution in [-0.4, -0.2) is 28.4 Å². The van der Waals surface area contributed by atoms with Crippen molar-refractivity contribution >= 4 is 21.9 Å². The molecule has 1 unspecified atom stereocenters. The smallest absolute Gasteiger partial charge is 0.339 e. The van der Waals surface area contributed by atoms with E-state index in [1.165, 1.54) is 0 Å². The van der Waals surface area contributed by atoms with E-state index >= 15 is 0 Å². The molecular formula is C16H21BrO4. The highest BCUT2D eigenvalue weighted by Crippen LogP contribution is 2.41. The molecule has 0 amide bonds. The number of hydrogen-bond donors (Lipinski definition) is 1.